The van der Waals surface area contributed by atoms with Crippen LogP contribution in [0.25, 0.3) is 0 Å². The van der Waals surface area contributed by atoms with Gasteiger partial charge in [-0.15, -0.1) is 0 Å². The molecule has 0 radical (unpaired) electrons. The summed E-state index contributed by atoms with van der Waals surface area (Å²) in [5.41, 5.74) is 2.29. The third-order valence-electron chi connectivity index (χ3n) is 4.37. The highest BCUT2D eigenvalue weighted by atomic mass is 16.5. The second-order valence-corrected chi connectivity index (χ2v) is 6.55. The molecular formula is C18H28N2O2. The Hall–Kier alpha value is -1.55. The van der Waals surface area contributed by atoms with Gasteiger partial charge in [0, 0.05) is 19.6 Å². The lowest BCUT2D eigenvalue weighted by Crippen LogP contribution is -2.44. The van der Waals surface area contributed by atoms with E-state index >= 15 is 0 Å². The van der Waals surface area contributed by atoms with Gasteiger partial charge in [0.15, 0.2) is 6.10 Å². The number of aryl methyl sites for hydroxylation is 1. The van der Waals surface area contributed by atoms with Gasteiger partial charge in [-0.25, -0.2) is 0 Å². The van der Waals surface area contributed by atoms with Gasteiger partial charge in [-0.05, 0) is 49.9 Å². The van der Waals surface area contributed by atoms with E-state index in [1.165, 1.54) is 0 Å². The number of amides is 1. The van der Waals surface area contributed by atoms with Crippen molar-refractivity contribution in [2.75, 3.05) is 20.1 Å². The molecule has 1 aliphatic rings. The summed E-state index contributed by atoms with van der Waals surface area (Å²) in [6.45, 7) is 10.0. The fourth-order valence-electron chi connectivity index (χ4n) is 2.90. The predicted octanol–water partition coefficient (Wildman–Crippen LogP) is 2.71. The topological polar surface area (TPSA) is 41.6 Å². The number of carbonyl (C=O) groups is 1. The molecule has 122 valence electrons. The highest BCUT2D eigenvalue weighted by Gasteiger charge is 2.28. The molecule has 1 saturated heterocycles. The third kappa shape index (κ3) is 3.80. The summed E-state index contributed by atoms with van der Waals surface area (Å²) in [4.78, 5) is 14.4. The smallest absolute Gasteiger partial charge is 0.263 e. The fourth-order valence-corrected chi connectivity index (χ4v) is 2.90. The van der Waals surface area contributed by atoms with Crippen molar-refractivity contribution in [1.82, 2.24) is 10.2 Å². The lowest BCUT2D eigenvalue weighted by molar-refractivity contribution is -0.138. The quantitative estimate of drug-likeness (QED) is 0.909. The van der Waals surface area contributed by atoms with Crippen molar-refractivity contribution in [3.8, 4) is 5.75 Å². The zero-order chi connectivity index (χ0) is 16.3. The molecule has 22 heavy (non-hydrogen) atoms. The summed E-state index contributed by atoms with van der Waals surface area (Å²) in [7, 11) is 1.87. The first kappa shape index (κ1) is 16.8. The molecule has 0 aliphatic carbocycles. The van der Waals surface area contributed by atoms with Crippen LogP contribution in [-0.2, 0) is 4.79 Å². The van der Waals surface area contributed by atoms with Crippen molar-refractivity contribution in [2.45, 2.75) is 52.2 Å². The van der Waals surface area contributed by atoms with E-state index in [0.717, 1.165) is 36.4 Å². The SMILES string of the molecule is Cc1ccc(C(C)C)c(OC(C)C(=O)N(C)C2CCNC2)c1. The number of nitrogens with zero attached hydrogens (tertiary/aromatic N) is 1. The average Bonchev–Trinajstić information content (AvgIpc) is 2.99. The molecule has 1 fully saturated rings. The van der Waals surface area contributed by atoms with Crippen LogP contribution in [0.2, 0.25) is 0 Å². The Bertz CT molecular complexity index is 522. The Kier molecular flexibility index (Phi) is 5.46. The maximum absolute atomic E-state index is 12.6. The minimum Gasteiger partial charge on any atom is -0.481 e. The van der Waals surface area contributed by atoms with Crippen LogP contribution in [0.1, 0.15) is 44.2 Å². The van der Waals surface area contributed by atoms with E-state index in [9.17, 15) is 4.79 Å². The minimum atomic E-state index is -0.468. The van der Waals surface area contributed by atoms with Gasteiger partial charge >= 0.3 is 0 Å². The lowest BCUT2D eigenvalue weighted by Gasteiger charge is -2.27. The monoisotopic (exact) mass is 304 g/mol. The molecule has 1 aliphatic heterocycles. The Balaban J connectivity index is 2.09. The molecule has 0 bridgehead atoms. The second-order valence-electron chi connectivity index (χ2n) is 6.55. The van der Waals surface area contributed by atoms with Gasteiger partial charge in [0.25, 0.3) is 5.91 Å². The van der Waals surface area contributed by atoms with E-state index in [2.05, 4.69) is 31.3 Å². The van der Waals surface area contributed by atoms with Crippen molar-refractivity contribution in [1.29, 1.82) is 0 Å². The summed E-state index contributed by atoms with van der Waals surface area (Å²) in [6, 6.07) is 6.49. The molecule has 1 heterocycles. The Morgan fingerprint density at radius 3 is 2.68 bits per heavy atom. The van der Waals surface area contributed by atoms with Gasteiger partial charge in [0.05, 0.1) is 0 Å². The zero-order valence-electron chi connectivity index (χ0n) is 14.3. The standard InChI is InChI=1S/C18H28N2O2/c1-12(2)16-7-6-13(3)10-17(16)22-14(4)18(21)20(5)15-8-9-19-11-15/h6-7,10,12,14-15,19H,8-9,11H2,1-5H3. The second kappa shape index (κ2) is 7.14. The zero-order valence-corrected chi connectivity index (χ0v) is 14.3. The van der Waals surface area contributed by atoms with Crippen LogP contribution in [0.5, 0.6) is 5.75 Å². The van der Waals surface area contributed by atoms with Gasteiger partial charge in [-0.3, -0.25) is 4.79 Å². The summed E-state index contributed by atoms with van der Waals surface area (Å²) in [5.74, 6) is 1.24. The molecule has 1 aromatic carbocycles. The van der Waals surface area contributed by atoms with E-state index in [-0.39, 0.29) is 11.9 Å². The fraction of sp³-hybridized carbons (Fsp3) is 0.611. The number of benzene rings is 1. The molecule has 2 rings (SSSR count). The maximum Gasteiger partial charge on any atom is 0.263 e. The highest BCUT2D eigenvalue weighted by Crippen LogP contribution is 2.28. The van der Waals surface area contributed by atoms with Crippen molar-refractivity contribution < 1.29 is 9.53 Å². The molecular weight excluding hydrogens is 276 g/mol. The van der Waals surface area contributed by atoms with Gasteiger partial charge in [-0.1, -0.05) is 26.0 Å². The first-order valence-electron chi connectivity index (χ1n) is 8.14. The van der Waals surface area contributed by atoms with Crippen molar-refractivity contribution in [3.05, 3.63) is 29.3 Å². The number of hydrogen-bond acceptors (Lipinski definition) is 3. The molecule has 1 amide bonds. The van der Waals surface area contributed by atoms with Crippen LogP contribution >= 0.6 is 0 Å². The van der Waals surface area contributed by atoms with Gasteiger partial charge in [0.2, 0.25) is 0 Å². The number of ether oxygens (including phenoxy) is 1. The van der Waals surface area contributed by atoms with Crippen LogP contribution in [0, 0.1) is 6.92 Å². The van der Waals surface area contributed by atoms with Gasteiger partial charge in [0.1, 0.15) is 5.75 Å². The summed E-state index contributed by atoms with van der Waals surface area (Å²) in [5, 5.41) is 3.29. The van der Waals surface area contributed by atoms with Gasteiger partial charge in [-0.2, -0.15) is 0 Å². The lowest BCUT2D eigenvalue weighted by atomic mass is 10.0. The van der Waals surface area contributed by atoms with E-state index in [1.807, 2.05) is 31.9 Å². The van der Waals surface area contributed by atoms with Crippen molar-refractivity contribution in [2.24, 2.45) is 0 Å². The molecule has 4 heteroatoms. The van der Waals surface area contributed by atoms with Crippen LogP contribution in [-0.4, -0.2) is 43.1 Å². The van der Waals surface area contributed by atoms with E-state index in [0.29, 0.717) is 5.92 Å². The molecule has 1 N–H and O–H groups in total. The van der Waals surface area contributed by atoms with E-state index in [4.69, 9.17) is 4.74 Å². The first-order valence-corrected chi connectivity index (χ1v) is 8.14. The molecule has 2 atom stereocenters. The summed E-state index contributed by atoms with van der Waals surface area (Å²) >= 11 is 0. The predicted molar refractivity (Wildman–Crippen MR) is 89.4 cm³/mol. The number of rotatable bonds is 5. The maximum atomic E-state index is 12.6. The molecule has 1 aromatic rings. The first-order chi connectivity index (χ1) is 10.4. The van der Waals surface area contributed by atoms with Crippen LogP contribution in [0.3, 0.4) is 0 Å². The number of likely N-dealkylation sites (N-methyl/N-ethyl adjacent to an activating group) is 1. The number of carbonyl (C=O) groups excluding carboxylic acids is 1. The van der Waals surface area contributed by atoms with Crippen LogP contribution < -0.4 is 10.1 Å². The molecule has 0 spiro atoms. The minimum absolute atomic E-state index is 0.0462. The van der Waals surface area contributed by atoms with E-state index in [1.54, 1.807) is 0 Å². The normalized spacial score (nSPS) is 19.3. The molecule has 0 saturated carbocycles. The largest absolute Gasteiger partial charge is 0.481 e. The third-order valence-corrected chi connectivity index (χ3v) is 4.37. The Morgan fingerprint density at radius 2 is 2.09 bits per heavy atom. The average molecular weight is 304 g/mol. The van der Waals surface area contributed by atoms with E-state index < -0.39 is 6.10 Å². The Morgan fingerprint density at radius 1 is 1.36 bits per heavy atom. The van der Waals surface area contributed by atoms with Gasteiger partial charge < -0.3 is 15.0 Å². The van der Waals surface area contributed by atoms with Crippen molar-refractivity contribution >= 4 is 5.91 Å². The number of nitrogens with one attached hydrogen (secondary N) is 1. The molecule has 4 nitrogen and oxygen atoms in total. The highest BCUT2D eigenvalue weighted by molar-refractivity contribution is 5.81. The number of hydrogen-bond donors (Lipinski definition) is 1. The van der Waals surface area contributed by atoms with Crippen LogP contribution in [0.4, 0.5) is 0 Å². The van der Waals surface area contributed by atoms with Crippen molar-refractivity contribution in [3.63, 3.8) is 0 Å². The Labute approximate surface area is 133 Å². The van der Waals surface area contributed by atoms with Crippen LogP contribution in [0.15, 0.2) is 18.2 Å². The molecule has 2 unspecified atom stereocenters. The summed E-state index contributed by atoms with van der Waals surface area (Å²) < 4.78 is 6.02. The molecule has 0 aromatic heterocycles. The summed E-state index contributed by atoms with van der Waals surface area (Å²) in [6.07, 6.45) is 0.543.